The number of benzene rings is 3. The Kier molecular flexibility index (Phi) is 4.89. The van der Waals surface area contributed by atoms with Gasteiger partial charge in [0.15, 0.2) is 0 Å². The number of phenols is 1. The Morgan fingerprint density at radius 3 is 2.00 bits per heavy atom. The molecule has 3 aromatic rings. The van der Waals surface area contributed by atoms with Crippen LogP contribution in [0, 0.1) is 0 Å². The van der Waals surface area contributed by atoms with Crippen LogP contribution >= 0.6 is 0 Å². The first kappa shape index (κ1) is 16.7. The summed E-state index contributed by atoms with van der Waals surface area (Å²) in [6.07, 6.45) is 0. The summed E-state index contributed by atoms with van der Waals surface area (Å²) in [4.78, 5) is 4.04. The number of hydrogen-bond donors (Lipinski definition) is 2. The van der Waals surface area contributed by atoms with Crippen LogP contribution in [0.25, 0.3) is 11.1 Å². The number of nitrogens with zero attached hydrogens (tertiary/aromatic N) is 1. The molecule has 0 amide bonds. The monoisotopic (exact) mass is 345 g/mol. The average molecular weight is 345 g/mol. The summed E-state index contributed by atoms with van der Waals surface area (Å²) in [5.74, 6) is 0.331. The molecule has 1 saturated heterocycles. The zero-order valence-electron chi connectivity index (χ0n) is 14.9. The average Bonchev–Trinajstić information content (AvgIpc) is 2.71. The van der Waals surface area contributed by atoms with Gasteiger partial charge in [-0.1, -0.05) is 54.6 Å². The van der Waals surface area contributed by atoms with Crippen LogP contribution in [0.5, 0.6) is 5.75 Å². The lowest BCUT2D eigenvalue weighted by Crippen LogP contribution is -3.13. The fourth-order valence-corrected chi connectivity index (χ4v) is 3.66. The van der Waals surface area contributed by atoms with Gasteiger partial charge in [0.25, 0.3) is 0 Å². The first-order valence-corrected chi connectivity index (χ1v) is 9.30. The van der Waals surface area contributed by atoms with Crippen molar-refractivity contribution in [3.05, 3.63) is 84.4 Å². The van der Waals surface area contributed by atoms with Crippen molar-refractivity contribution in [1.29, 1.82) is 0 Å². The van der Waals surface area contributed by atoms with E-state index in [1.807, 2.05) is 12.1 Å². The van der Waals surface area contributed by atoms with Crippen molar-refractivity contribution >= 4 is 5.69 Å². The van der Waals surface area contributed by atoms with Gasteiger partial charge in [-0.2, -0.15) is 0 Å². The summed E-state index contributed by atoms with van der Waals surface area (Å²) in [7, 11) is 0. The number of quaternary nitrogens is 1. The molecule has 3 aromatic carbocycles. The molecule has 1 aliphatic rings. The molecular weight excluding hydrogens is 320 g/mol. The largest absolute Gasteiger partial charge is 0.508 e. The lowest BCUT2D eigenvalue weighted by atomic mass is 10.0. The van der Waals surface area contributed by atoms with Crippen LogP contribution < -0.4 is 9.80 Å². The molecule has 0 spiro atoms. The second kappa shape index (κ2) is 7.63. The van der Waals surface area contributed by atoms with Crippen molar-refractivity contribution in [2.45, 2.75) is 6.54 Å². The van der Waals surface area contributed by atoms with Gasteiger partial charge in [-0.25, -0.2) is 0 Å². The molecule has 1 heterocycles. The van der Waals surface area contributed by atoms with Crippen LogP contribution in [-0.2, 0) is 6.54 Å². The van der Waals surface area contributed by atoms with E-state index in [4.69, 9.17) is 0 Å². The molecule has 0 unspecified atom stereocenters. The lowest BCUT2D eigenvalue weighted by molar-refractivity contribution is -0.914. The van der Waals surface area contributed by atoms with Gasteiger partial charge in [0, 0.05) is 11.3 Å². The number of piperazine rings is 1. The molecule has 26 heavy (non-hydrogen) atoms. The number of nitrogens with one attached hydrogen (secondary N) is 1. The summed E-state index contributed by atoms with van der Waals surface area (Å²) in [5.41, 5.74) is 5.15. The topological polar surface area (TPSA) is 27.9 Å². The van der Waals surface area contributed by atoms with E-state index in [1.165, 1.54) is 22.4 Å². The second-order valence-electron chi connectivity index (χ2n) is 6.99. The molecule has 1 fully saturated rings. The molecule has 0 atom stereocenters. The first-order chi connectivity index (χ1) is 12.8. The fraction of sp³-hybridized carbons (Fsp3) is 0.217. The maximum absolute atomic E-state index is 9.43. The highest BCUT2D eigenvalue weighted by molar-refractivity contribution is 5.63. The van der Waals surface area contributed by atoms with Crippen molar-refractivity contribution in [3.63, 3.8) is 0 Å². The van der Waals surface area contributed by atoms with Crippen LogP contribution in [0.1, 0.15) is 5.56 Å². The van der Waals surface area contributed by atoms with Crippen molar-refractivity contribution in [1.82, 2.24) is 0 Å². The van der Waals surface area contributed by atoms with Crippen LogP contribution in [0.3, 0.4) is 0 Å². The summed E-state index contributed by atoms with van der Waals surface area (Å²) in [6.45, 7) is 5.48. The van der Waals surface area contributed by atoms with Gasteiger partial charge in [-0.05, 0) is 35.4 Å². The molecule has 1 aliphatic heterocycles. The molecular formula is C23H25N2O+. The van der Waals surface area contributed by atoms with E-state index < -0.39 is 0 Å². The molecule has 3 heteroatoms. The van der Waals surface area contributed by atoms with Gasteiger partial charge in [-0.3, -0.25) is 0 Å². The minimum absolute atomic E-state index is 0.331. The van der Waals surface area contributed by atoms with Gasteiger partial charge in [0.05, 0.1) is 26.2 Å². The number of phenolic OH excluding ortho intramolecular Hbond substituents is 1. The third kappa shape index (κ3) is 3.89. The maximum atomic E-state index is 9.43. The molecule has 0 aromatic heterocycles. The van der Waals surface area contributed by atoms with Gasteiger partial charge in [0.1, 0.15) is 12.3 Å². The zero-order chi connectivity index (χ0) is 17.8. The SMILES string of the molecule is Oc1ccc(N2CC[NH+](Cc3ccc(-c4ccccc4)cc3)CC2)cc1. The molecule has 2 N–H and O–H groups in total. The van der Waals surface area contributed by atoms with E-state index in [2.05, 4.69) is 59.5 Å². The number of aromatic hydroxyl groups is 1. The van der Waals surface area contributed by atoms with Crippen molar-refractivity contribution < 1.29 is 10.0 Å². The third-order valence-electron chi connectivity index (χ3n) is 5.20. The maximum Gasteiger partial charge on any atom is 0.115 e. The summed E-state index contributed by atoms with van der Waals surface area (Å²) in [5, 5.41) is 9.43. The second-order valence-corrected chi connectivity index (χ2v) is 6.99. The van der Waals surface area contributed by atoms with E-state index in [-0.39, 0.29) is 0 Å². The van der Waals surface area contributed by atoms with Gasteiger partial charge < -0.3 is 14.9 Å². The van der Waals surface area contributed by atoms with Crippen LogP contribution in [-0.4, -0.2) is 31.3 Å². The van der Waals surface area contributed by atoms with Crippen LogP contribution in [0.15, 0.2) is 78.9 Å². The Bertz CT molecular complexity index is 820. The highest BCUT2D eigenvalue weighted by Gasteiger charge is 2.20. The van der Waals surface area contributed by atoms with Gasteiger partial charge >= 0.3 is 0 Å². The van der Waals surface area contributed by atoms with Crippen LogP contribution in [0.4, 0.5) is 5.69 Å². The van der Waals surface area contributed by atoms with E-state index in [9.17, 15) is 5.11 Å². The molecule has 0 saturated carbocycles. The minimum Gasteiger partial charge on any atom is -0.508 e. The normalized spacial score (nSPS) is 15.2. The van der Waals surface area contributed by atoms with Gasteiger partial charge in [-0.15, -0.1) is 0 Å². The minimum atomic E-state index is 0.331. The quantitative estimate of drug-likeness (QED) is 0.761. The summed E-state index contributed by atoms with van der Waals surface area (Å²) in [6, 6.07) is 27.1. The molecule has 3 nitrogen and oxygen atoms in total. The zero-order valence-corrected chi connectivity index (χ0v) is 14.9. The smallest absolute Gasteiger partial charge is 0.115 e. The third-order valence-corrected chi connectivity index (χ3v) is 5.20. The Morgan fingerprint density at radius 1 is 0.731 bits per heavy atom. The van der Waals surface area contributed by atoms with Crippen molar-refractivity contribution in [2.24, 2.45) is 0 Å². The van der Waals surface area contributed by atoms with E-state index >= 15 is 0 Å². The predicted molar refractivity (Wildman–Crippen MR) is 107 cm³/mol. The number of rotatable bonds is 4. The predicted octanol–water partition coefficient (Wildman–Crippen LogP) is 2.96. The first-order valence-electron chi connectivity index (χ1n) is 9.30. The highest BCUT2D eigenvalue weighted by Crippen LogP contribution is 2.20. The van der Waals surface area contributed by atoms with Gasteiger partial charge in [0.2, 0.25) is 0 Å². The molecule has 4 rings (SSSR count). The van der Waals surface area contributed by atoms with E-state index in [0.717, 1.165) is 32.7 Å². The summed E-state index contributed by atoms with van der Waals surface area (Å²) < 4.78 is 0. The number of hydrogen-bond acceptors (Lipinski definition) is 2. The van der Waals surface area contributed by atoms with E-state index in [1.54, 1.807) is 17.0 Å². The molecule has 0 radical (unpaired) electrons. The van der Waals surface area contributed by atoms with E-state index in [0.29, 0.717) is 5.75 Å². The Morgan fingerprint density at radius 2 is 1.35 bits per heavy atom. The molecule has 0 aliphatic carbocycles. The lowest BCUT2D eigenvalue weighted by Gasteiger charge is -2.33. The van der Waals surface area contributed by atoms with Crippen molar-refractivity contribution in [3.8, 4) is 16.9 Å². The standard InChI is InChI=1S/C23H24N2O/c26-23-12-10-22(11-13-23)25-16-14-24(15-17-25)18-19-6-8-21(9-7-19)20-4-2-1-3-5-20/h1-13,26H,14-18H2/p+1. The molecule has 0 bridgehead atoms. The van der Waals surface area contributed by atoms with Crippen LogP contribution in [0.2, 0.25) is 0 Å². The Balaban J connectivity index is 1.33. The Labute approximate surface area is 155 Å². The molecule has 132 valence electrons. The van der Waals surface area contributed by atoms with Crippen molar-refractivity contribution in [2.75, 3.05) is 31.1 Å². The summed E-state index contributed by atoms with van der Waals surface area (Å²) >= 11 is 0. The highest BCUT2D eigenvalue weighted by atomic mass is 16.3. The fourth-order valence-electron chi connectivity index (χ4n) is 3.66. The number of anilines is 1. The Hall–Kier alpha value is -2.78.